The molecule has 1 heterocycles. The van der Waals surface area contributed by atoms with Crippen LogP contribution in [0.4, 0.5) is 11.4 Å². The molecule has 1 aliphatic rings. The van der Waals surface area contributed by atoms with Crippen LogP contribution in [0.1, 0.15) is 19.3 Å². The van der Waals surface area contributed by atoms with Crippen LogP contribution in [-0.4, -0.2) is 50.4 Å². The molecule has 0 radical (unpaired) electrons. The monoisotopic (exact) mass is 449 g/mol. The summed E-state index contributed by atoms with van der Waals surface area (Å²) in [6.07, 6.45) is 1.66. The Labute approximate surface area is 180 Å². The molecule has 11 heteroatoms. The molecule has 2 aromatic carbocycles. The van der Waals surface area contributed by atoms with Gasteiger partial charge in [0.25, 0.3) is 5.69 Å². The van der Waals surface area contributed by atoms with Crippen LogP contribution in [0, 0.1) is 10.1 Å². The minimum absolute atomic E-state index is 0.100. The van der Waals surface area contributed by atoms with Crippen molar-refractivity contribution in [1.29, 1.82) is 0 Å². The van der Waals surface area contributed by atoms with E-state index in [1.165, 1.54) is 26.4 Å². The van der Waals surface area contributed by atoms with Crippen LogP contribution in [0.25, 0.3) is 0 Å². The number of carbonyl (C=O) groups excluding carboxylic acids is 1. The molecule has 1 fully saturated rings. The van der Waals surface area contributed by atoms with Crippen molar-refractivity contribution in [2.75, 3.05) is 26.1 Å². The van der Waals surface area contributed by atoms with Gasteiger partial charge in [0.15, 0.2) is 0 Å². The van der Waals surface area contributed by atoms with Gasteiger partial charge in [-0.3, -0.25) is 14.9 Å². The highest BCUT2D eigenvalue weighted by atomic mass is 32.2. The Bertz CT molecular complexity index is 1070. The standard InChI is InChI=1S/C20H23N3O7S/c1-29-15-8-11-19(30-2)17(13-15)21-20(24)18-5-3-4-12-22(18)31(27,28)16-9-6-14(7-10-16)23(25)26/h6-11,13,18H,3-5,12H2,1-2H3,(H,21,24)/t18-/m0/s1. The normalized spacial score (nSPS) is 17.0. The van der Waals surface area contributed by atoms with Crippen molar-refractivity contribution in [3.8, 4) is 11.5 Å². The van der Waals surface area contributed by atoms with Crippen LogP contribution in [-0.2, 0) is 14.8 Å². The number of hydrogen-bond donors (Lipinski definition) is 1. The van der Waals surface area contributed by atoms with Gasteiger partial charge in [0, 0.05) is 24.7 Å². The Morgan fingerprint density at radius 1 is 1.13 bits per heavy atom. The molecule has 3 rings (SSSR count). The van der Waals surface area contributed by atoms with E-state index in [4.69, 9.17) is 9.47 Å². The summed E-state index contributed by atoms with van der Waals surface area (Å²) in [7, 11) is -1.07. The summed E-state index contributed by atoms with van der Waals surface area (Å²) in [4.78, 5) is 23.2. The van der Waals surface area contributed by atoms with E-state index in [1.807, 2.05) is 0 Å². The number of nitro benzene ring substituents is 1. The minimum Gasteiger partial charge on any atom is -0.497 e. The Hall–Kier alpha value is -3.18. The number of methoxy groups -OCH3 is 2. The smallest absolute Gasteiger partial charge is 0.269 e. The highest BCUT2D eigenvalue weighted by Crippen LogP contribution is 2.31. The molecule has 1 amide bonds. The van der Waals surface area contributed by atoms with Gasteiger partial charge in [-0.25, -0.2) is 8.42 Å². The summed E-state index contributed by atoms with van der Waals surface area (Å²) < 4.78 is 38.0. The fourth-order valence-electron chi connectivity index (χ4n) is 3.46. The van der Waals surface area contributed by atoms with Crippen LogP contribution in [0.15, 0.2) is 47.4 Å². The average Bonchev–Trinajstić information content (AvgIpc) is 2.79. The lowest BCUT2D eigenvalue weighted by Crippen LogP contribution is -2.49. The Kier molecular flexibility index (Phi) is 6.76. The van der Waals surface area contributed by atoms with Gasteiger partial charge in [-0.15, -0.1) is 0 Å². The fourth-order valence-corrected chi connectivity index (χ4v) is 5.11. The van der Waals surface area contributed by atoms with Crippen molar-refractivity contribution in [3.63, 3.8) is 0 Å². The molecule has 1 N–H and O–H groups in total. The zero-order valence-corrected chi connectivity index (χ0v) is 17.9. The van der Waals surface area contributed by atoms with Crippen molar-refractivity contribution in [2.24, 2.45) is 0 Å². The number of anilines is 1. The number of sulfonamides is 1. The van der Waals surface area contributed by atoms with Crippen molar-refractivity contribution in [3.05, 3.63) is 52.6 Å². The molecule has 10 nitrogen and oxygen atoms in total. The first-order valence-electron chi connectivity index (χ1n) is 9.57. The third kappa shape index (κ3) is 4.78. The van der Waals surface area contributed by atoms with Gasteiger partial charge in [-0.05, 0) is 37.1 Å². The van der Waals surface area contributed by atoms with Crippen LogP contribution < -0.4 is 14.8 Å². The fraction of sp³-hybridized carbons (Fsp3) is 0.350. The summed E-state index contributed by atoms with van der Waals surface area (Å²) in [6.45, 7) is 0.173. The van der Waals surface area contributed by atoms with Gasteiger partial charge in [0.05, 0.1) is 29.7 Å². The highest BCUT2D eigenvalue weighted by molar-refractivity contribution is 7.89. The first-order chi connectivity index (χ1) is 14.8. The lowest BCUT2D eigenvalue weighted by Gasteiger charge is -2.33. The molecule has 0 aromatic heterocycles. The van der Waals surface area contributed by atoms with E-state index in [1.54, 1.807) is 18.2 Å². The number of non-ortho nitro benzene ring substituents is 1. The van der Waals surface area contributed by atoms with E-state index in [2.05, 4.69) is 5.32 Å². The number of nitrogens with one attached hydrogen (secondary N) is 1. The molecule has 31 heavy (non-hydrogen) atoms. The molecule has 0 bridgehead atoms. The molecule has 1 aliphatic heterocycles. The number of rotatable bonds is 7. The number of amides is 1. The third-order valence-corrected chi connectivity index (χ3v) is 7.00. The third-order valence-electron chi connectivity index (χ3n) is 5.07. The maximum atomic E-state index is 13.2. The number of benzene rings is 2. The number of hydrogen-bond acceptors (Lipinski definition) is 7. The van der Waals surface area contributed by atoms with Crippen LogP contribution in [0.2, 0.25) is 0 Å². The van der Waals surface area contributed by atoms with Crippen molar-refractivity contribution < 1.29 is 27.6 Å². The van der Waals surface area contributed by atoms with Crippen molar-refractivity contribution in [2.45, 2.75) is 30.2 Å². The second kappa shape index (κ2) is 9.31. The van der Waals surface area contributed by atoms with Crippen LogP contribution in [0.5, 0.6) is 11.5 Å². The Balaban J connectivity index is 1.88. The number of carbonyl (C=O) groups is 1. The van der Waals surface area contributed by atoms with Gasteiger partial charge in [-0.1, -0.05) is 6.42 Å². The van der Waals surface area contributed by atoms with E-state index >= 15 is 0 Å². The summed E-state index contributed by atoms with van der Waals surface area (Å²) in [6, 6.07) is 8.62. The molecular weight excluding hydrogens is 426 g/mol. The number of piperidine rings is 1. The first-order valence-corrected chi connectivity index (χ1v) is 11.0. The topological polar surface area (TPSA) is 128 Å². The lowest BCUT2D eigenvalue weighted by atomic mass is 10.0. The Morgan fingerprint density at radius 3 is 2.45 bits per heavy atom. The summed E-state index contributed by atoms with van der Waals surface area (Å²) >= 11 is 0. The molecule has 1 saturated heterocycles. The van der Waals surface area contributed by atoms with E-state index < -0.39 is 26.9 Å². The van der Waals surface area contributed by atoms with E-state index in [0.29, 0.717) is 36.4 Å². The van der Waals surface area contributed by atoms with Crippen molar-refractivity contribution >= 4 is 27.3 Å². The zero-order chi connectivity index (χ0) is 22.6. The van der Waals surface area contributed by atoms with E-state index in [9.17, 15) is 23.3 Å². The van der Waals surface area contributed by atoms with Gasteiger partial charge < -0.3 is 14.8 Å². The van der Waals surface area contributed by atoms with Gasteiger partial charge in [0.2, 0.25) is 15.9 Å². The SMILES string of the molecule is COc1ccc(OC)c(NC(=O)[C@@H]2CCCCN2S(=O)(=O)c2ccc([N+](=O)[O-])cc2)c1. The predicted octanol–water partition coefficient (Wildman–Crippen LogP) is 2.79. The first kappa shape index (κ1) is 22.5. The largest absolute Gasteiger partial charge is 0.497 e. The summed E-state index contributed by atoms with van der Waals surface area (Å²) in [5, 5.41) is 13.6. The molecule has 0 unspecified atom stereocenters. The maximum absolute atomic E-state index is 13.2. The molecule has 0 saturated carbocycles. The van der Waals surface area contributed by atoms with Crippen LogP contribution >= 0.6 is 0 Å². The Morgan fingerprint density at radius 2 is 1.84 bits per heavy atom. The van der Waals surface area contributed by atoms with E-state index in [0.717, 1.165) is 16.4 Å². The zero-order valence-electron chi connectivity index (χ0n) is 17.1. The second-order valence-corrected chi connectivity index (χ2v) is 8.82. The van der Waals surface area contributed by atoms with Gasteiger partial charge >= 0.3 is 0 Å². The van der Waals surface area contributed by atoms with E-state index in [-0.39, 0.29) is 17.1 Å². The second-order valence-electron chi connectivity index (χ2n) is 6.93. The number of nitro groups is 1. The molecule has 1 atom stereocenters. The quantitative estimate of drug-likeness (QED) is 0.508. The summed E-state index contributed by atoms with van der Waals surface area (Å²) in [5.74, 6) is 0.432. The molecule has 0 spiro atoms. The number of ether oxygens (including phenoxy) is 2. The minimum atomic E-state index is -4.03. The summed E-state index contributed by atoms with van der Waals surface area (Å²) in [5.41, 5.74) is 0.155. The van der Waals surface area contributed by atoms with Crippen molar-refractivity contribution in [1.82, 2.24) is 4.31 Å². The predicted molar refractivity (Wildman–Crippen MR) is 113 cm³/mol. The van der Waals surface area contributed by atoms with Gasteiger partial charge in [0.1, 0.15) is 17.5 Å². The van der Waals surface area contributed by atoms with Crippen LogP contribution in [0.3, 0.4) is 0 Å². The molecular formula is C20H23N3O7S. The number of nitrogens with zero attached hydrogens (tertiary/aromatic N) is 2. The molecule has 166 valence electrons. The highest BCUT2D eigenvalue weighted by Gasteiger charge is 2.38. The average molecular weight is 449 g/mol. The van der Waals surface area contributed by atoms with Gasteiger partial charge in [-0.2, -0.15) is 4.31 Å². The molecule has 0 aliphatic carbocycles. The molecule has 2 aromatic rings. The lowest BCUT2D eigenvalue weighted by molar-refractivity contribution is -0.384. The maximum Gasteiger partial charge on any atom is 0.269 e.